The van der Waals surface area contributed by atoms with E-state index in [9.17, 15) is 28.8 Å². The summed E-state index contributed by atoms with van der Waals surface area (Å²) in [7, 11) is 0. The van der Waals surface area contributed by atoms with Gasteiger partial charge in [-0.05, 0) is 36.5 Å². The summed E-state index contributed by atoms with van der Waals surface area (Å²) in [5.74, 6) is -4.08. The highest BCUT2D eigenvalue weighted by atomic mass is 16.5. The van der Waals surface area contributed by atoms with E-state index in [4.69, 9.17) is 4.74 Å². The SMILES string of the molecule is CC(NC(=O)C(CC(=O)Cc1ccccc1)Cc1ccccc1)C(=O)C(=O)NC(Cc1ccccc1)C(=O)CC(C)(C)C(=O)NCCN1CCOCC1. The number of Topliss-reactive ketones (excluding diaryl/α,β-unsaturated/α-hetero) is 3. The molecule has 53 heavy (non-hydrogen) atoms. The first-order chi connectivity index (χ1) is 25.4. The maximum Gasteiger partial charge on any atom is 0.290 e. The number of ether oxygens (including phenoxy) is 1. The molecule has 0 spiro atoms. The summed E-state index contributed by atoms with van der Waals surface area (Å²) in [6, 6.07) is 25.3. The van der Waals surface area contributed by atoms with Gasteiger partial charge < -0.3 is 20.7 Å². The van der Waals surface area contributed by atoms with Gasteiger partial charge in [-0.3, -0.25) is 33.7 Å². The van der Waals surface area contributed by atoms with Crippen molar-refractivity contribution in [3.05, 3.63) is 108 Å². The number of carbonyl (C=O) groups is 6. The largest absolute Gasteiger partial charge is 0.379 e. The number of hydrogen-bond acceptors (Lipinski definition) is 8. The van der Waals surface area contributed by atoms with E-state index in [0.29, 0.717) is 26.3 Å². The molecule has 0 bridgehead atoms. The molecule has 282 valence electrons. The highest BCUT2D eigenvalue weighted by molar-refractivity contribution is 6.38. The van der Waals surface area contributed by atoms with Gasteiger partial charge in [0.15, 0.2) is 5.78 Å². The zero-order chi connectivity index (χ0) is 38.2. The average molecular weight is 725 g/mol. The van der Waals surface area contributed by atoms with Crippen LogP contribution in [-0.2, 0) is 52.8 Å². The first-order valence-corrected chi connectivity index (χ1v) is 18.3. The van der Waals surface area contributed by atoms with Crippen LogP contribution in [0.4, 0.5) is 0 Å². The Balaban J connectivity index is 1.39. The second-order valence-corrected chi connectivity index (χ2v) is 14.3. The van der Waals surface area contributed by atoms with Crippen LogP contribution in [0.1, 0.15) is 50.3 Å². The number of nitrogens with zero attached hydrogens (tertiary/aromatic N) is 1. The quantitative estimate of drug-likeness (QED) is 0.150. The molecule has 1 heterocycles. The molecule has 3 atom stereocenters. The minimum Gasteiger partial charge on any atom is -0.379 e. The molecular formula is C42H52N4O7. The van der Waals surface area contributed by atoms with Gasteiger partial charge in [-0.15, -0.1) is 0 Å². The molecule has 3 aromatic rings. The van der Waals surface area contributed by atoms with E-state index in [-0.39, 0.29) is 43.8 Å². The molecule has 3 amide bonds. The van der Waals surface area contributed by atoms with Crippen LogP contribution in [-0.4, -0.2) is 91.4 Å². The van der Waals surface area contributed by atoms with Gasteiger partial charge in [0.2, 0.25) is 17.6 Å². The second kappa shape index (κ2) is 20.3. The minimum atomic E-state index is -1.23. The fourth-order valence-electron chi connectivity index (χ4n) is 6.28. The van der Waals surface area contributed by atoms with Crippen LogP contribution in [0.2, 0.25) is 0 Å². The summed E-state index contributed by atoms with van der Waals surface area (Å²) >= 11 is 0. The van der Waals surface area contributed by atoms with E-state index >= 15 is 0 Å². The van der Waals surface area contributed by atoms with Crippen molar-refractivity contribution < 1.29 is 33.5 Å². The molecular weight excluding hydrogens is 672 g/mol. The molecule has 1 aliphatic rings. The fraction of sp³-hybridized carbons (Fsp3) is 0.429. The lowest BCUT2D eigenvalue weighted by Gasteiger charge is -2.28. The number of amides is 3. The van der Waals surface area contributed by atoms with Crippen LogP contribution in [0, 0.1) is 11.3 Å². The van der Waals surface area contributed by atoms with E-state index in [1.807, 2.05) is 91.0 Å². The monoisotopic (exact) mass is 724 g/mol. The third-order valence-electron chi connectivity index (χ3n) is 9.41. The lowest BCUT2D eigenvalue weighted by Crippen LogP contribution is -2.52. The van der Waals surface area contributed by atoms with Crippen molar-refractivity contribution in [2.24, 2.45) is 11.3 Å². The Morgan fingerprint density at radius 1 is 0.755 bits per heavy atom. The second-order valence-electron chi connectivity index (χ2n) is 14.3. The number of benzene rings is 3. The summed E-state index contributed by atoms with van der Waals surface area (Å²) in [4.78, 5) is 82.6. The Kier molecular flexibility index (Phi) is 15.6. The molecule has 0 aliphatic carbocycles. The fourth-order valence-corrected chi connectivity index (χ4v) is 6.28. The molecule has 0 radical (unpaired) electrons. The normalized spacial score (nSPS) is 15.0. The zero-order valence-electron chi connectivity index (χ0n) is 31.0. The van der Waals surface area contributed by atoms with E-state index < -0.39 is 46.8 Å². The highest BCUT2D eigenvalue weighted by Crippen LogP contribution is 2.23. The van der Waals surface area contributed by atoms with Crippen LogP contribution in [0.15, 0.2) is 91.0 Å². The molecule has 1 aliphatic heterocycles. The summed E-state index contributed by atoms with van der Waals surface area (Å²) in [5.41, 5.74) is 1.37. The summed E-state index contributed by atoms with van der Waals surface area (Å²) in [6.07, 6.45) is 0.321. The van der Waals surface area contributed by atoms with E-state index in [1.165, 1.54) is 6.92 Å². The van der Waals surface area contributed by atoms with Crippen LogP contribution in [0.5, 0.6) is 0 Å². The van der Waals surface area contributed by atoms with Crippen molar-refractivity contribution in [2.75, 3.05) is 39.4 Å². The van der Waals surface area contributed by atoms with E-state index in [1.54, 1.807) is 13.8 Å². The van der Waals surface area contributed by atoms with Crippen molar-refractivity contribution in [1.29, 1.82) is 0 Å². The summed E-state index contributed by atoms with van der Waals surface area (Å²) in [6.45, 7) is 8.74. The molecule has 1 fully saturated rings. The predicted octanol–water partition coefficient (Wildman–Crippen LogP) is 3.28. The number of carbonyl (C=O) groups excluding carboxylic acids is 6. The van der Waals surface area contributed by atoms with E-state index in [2.05, 4.69) is 20.9 Å². The Morgan fingerprint density at radius 3 is 1.89 bits per heavy atom. The van der Waals surface area contributed by atoms with Crippen LogP contribution in [0.25, 0.3) is 0 Å². The molecule has 0 saturated carbocycles. The van der Waals surface area contributed by atoms with Crippen molar-refractivity contribution >= 4 is 35.1 Å². The first-order valence-electron chi connectivity index (χ1n) is 18.3. The summed E-state index contributed by atoms with van der Waals surface area (Å²) in [5, 5.41) is 8.18. The molecule has 0 aromatic heterocycles. The molecule has 3 N–H and O–H groups in total. The predicted molar refractivity (Wildman–Crippen MR) is 202 cm³/mol. The molecule has 11 nitrogen and oxygen atoms in total. The third-order valence-corrected chi connectivity index (χ3v) is 9.41. The Hall–Kier alpha value is -5.00. The smallest absolute Gasteiger partial charge is 0.290 e. The number of hydrogen-bond donors (Lipinski definition) is 3. The van der Waals surface area contributed by atoms with Crippen LogP contribution < -0.4 is 16.0 Å². The number of morpholine rings is 1. The molecule has 1 saturated heterocycles. The molecule has 4 rings (SSSR count). The van der Waals surface area contributed by atoms with Crippen LogP contribution in [0.3, 0.4) is 0 Å². The molecule has 3 unspecified atom stereocenters. The van der Waals surface area contributed by atoms with Gasteiger partial charge in [0, 0.05) is 51.4 Å². The lowest BCUT2D eigenvalue weighted by atomic mass is 9.83. The van der Waals surface area contributed by atoms with E-state index in [0.717, 1.165) is 29.8 Å². The summed E-state index contributed by atoms with van der Waals surface area (Å²) < 4.78 is 5.37. The van der Waals surface area contributed by atoms with Gasteiger partial charge in [-0.1, -0.05) is 105 Å². The van der Waals surface area contributed by atoms with Crippen molar-refractivity contribution in [3.8, 4) is 0 Å². The topological polar surface area (TPSA) is 151 Å². The average Bonchev–Trinajstić information content (AvgIpc) is 3.15. The minimum absolute atomic E-state index is 0.0487. The van der Waals surface area contributed by atoms with Gasteiger partial charge in [0.05, 0.1) is 30.7 Å². The Labute approximate surface area is 312 Å². The van der Waals surface area contributed by atoms with Crippen molar-refractivity contribution in [1.82, 2.24) is 20.9 Å². The number of nitrogens with one attached hydrogen (secondary N) is 3. The van der Waals surface area contributed by atoms with Gasteiger partial charge in [-0.2, -0.15) is 0 Å². The van der Waals surface area contributed by atoms with Gasteiger partial charge >= 0.3 is 0 Å². The van der Waals surface area contributed by atoms with Crippen molar-refractivity contribution in [2.45, 2.75) is 65.0 Å². The standard InChI is InChI=1S/C42H52N4O7/c1-30(44-39(50)34(25-31-13-7-4-8-14-31)28-35(47)26-32-15-9-5-10-16-32)38(49)40(51)45-36(27-33-17-11-6-12-18-33)37(48)29-42(2,3)41(52)43-19-20-46-21-23-53-24-22-46/h4-18,30,34,36H,19-29H2,1-3H3,(H,43,52)(H,44,50)(H,45,51). The number of ketones is 3. The van der Waals surface area contributed by atoms with Gasteiger partial charge in [0.1, 0.15) is 5.78 Å². The maximum atomic E-state index is 13.8. The van der Waals surface area contributed by atoms with Gasteiger partial charge in [0.25, 0.3) is 5.91 Å². The number of rotatable bonds is 20. The third kappa shape index (κ3) is 13.5. The highest BCUT2D eigenvalue weighted by Gasteiger charge is 2.35. The molecule has 11 heteroatoms. The van der Waals surface area contributed by atoms with Crippen molar-refractivity contribution in [3.63, 3.8) is 0 Å². The van der Waals surface area contributed by atoms with Gasteiger partial charge in [-0.25, -0.2) is 0 Å². The molecule has 3 aromatic carbocycles. The Bertz CT molecular complexity index is 1680. The maximum absolute atomic E-state index is 13.8. The van der Waals surface area contributed by atoms with Crippen LogP contribution >= 0.6 is 0 Å². The Morgan fingerprint density at radius 2 is 1.30 bits per heavy atom. The lowest BCUT2D eigenvalue weighted by molar-refractivity contribution is -0.142. The first kappa shape index (κ1) is 40.8. The zero-order valence-corrected chi connectivity index (χ0v) is 31.0.